The molecule has 0 radical (unpaired) electrons. The average Bonchev–Trinajstić information content (AvgIpc) is 2.84. The molecule has 98 valence electrons. The topological polar surface area (TPSA) is 60.4 Å². The van der Waals surface area contributed by atoms with Crippen molar-refractivity contribution in [3.63, 3.8) is 0 Å². The van der Waals surface area contributed by atoms with E-state index >= 15 is 0 Å². The van der Waals surface area contributed by atoms with Gasteiger partial charge in [0.1, 0.15) is 5.69 Å². The highest BCUT2D eigenvalue weighted by atomic mass is 16.1. The number of pyridine rings is 1. The van der Waals surface area contributed by atoms with E-state index in [0.29, 0.717) is 0 Å². The summed E-state index contributed by atoms with van der Waals surface area (Å²) in [4.78, 5) is 11.0. The summed E-state index contributed by atoms with van der Waals surface area (Å²) in [5, 5.41) is 4.57. The normalized spacial score (nSPS) is 11.2. The number of hydrogen-bond acceptors (Lipinski definition) is 2. The Bertz CT molecular complexity index is 788. The smallest absolute Gasteiger partial charge is 0.241 e. The third-order valence-electron chi connectivity index (χ3n) is 3.04. The largest absolute Gasteiger partial charge is 0.366 e. The Morgan fingerprint density at radius 1 is 1.10 bits per heavy atom. The molecule has 20 heavy (non-hydrogen) atoms. The highest BCUT2D eigenvalue weighted by molar-refractivity contribution is 5.94. The van der Waals surface area contributed by atoms with Gasteiger partial charge in [0, 0.05) is 23.4 Å². The van der Waals surface area contributed by atoms with Crippen LogP contribution in [0.3, 0.4) is 0 Å². The Morgan fingerprint density at radius 2 is 1.85 bits per heavy atom. The standard InChI is InChI=1S/C16H13N3O/c17-15(20)10-9-13-14-8-4-5-11-19(14)18-16(13)12-6-2-1-3-7-12/h1-11H,(H2,17,20). The van der Waals surface area contributed by atoms with Crippen LogP contribution in [0.15, 0.2) is 60.8 Å². The predicted octanol–water partition coefficient (Wildman–Crippen LogP) is 2.50. The predicted molar refractivity (Wildman–Crippen MR) is 78.9 cm³/mol. The molecule has 0 aliphatic carbocycles. The second kappa shape index (κ2) is 5.01. The van der Waals surface area contributed by atoms with E-state index in [1.165, 1.54) is 6.08 Å². The summed E-state index contributed by atoms with van der Waals surface area (Å²) in [5.41, 5.74) is 8.84. The summed E-state index contributed by atoms with van der Waals surface area (Å²) in [6.45, 7) is 0. The molecule has 0 saturated heterocycles. The Hall–Kier alpha value is -2.88. The first kappa shape index (κ1) is 12.2. The molecule has 0 aliphatic rings. The monoisotopic (exact) mass is 263 g/mol. The number of rotatable bonds is 3. The van der Waals surface area contributed by atoms with Gasteiger partial charge in [-0.2, -0.15) is 5.10 Å². The summed E-state index contributed by atoms with van der Waals surface area (Å²) in [5.74, 6) is -0.473. The lowest BCUT2D eigenvalue weighted by molar-refractivity contribution is -0.113. The SMILES string of the molecule is NC(=O)C=Cc1c(-c2ccccc2)nn2ccccc12. The van der Waals surface area contributed by atoms with Gasteiger partial charge in [0.25, 0.3) is 0 Å². The van der Waals surface area contributed by atoms with Crippen molar-refractivity contribution >= 4 is 17.5 Å². The van der Waals surface area contributed by atoms with E-state index in [1.807, 2.05) is 54.7 Å². The maximum atomic E-state index is 11.0. The molecule has 2 aromatic heterocycles. The van der Waals surface area contributed by atoms with Crippen LogP contribution in [0.5, 0.6) is 0 Å². The van der Waals surface area contributed by atoms with Crippen molar-refractivity contribution in [1.82, 2.24) is 9.61 Å². The minimum absolute atomic E-state index is 0.473. The van der Waals surface area contributed by atoms with Gasteiger partial charge in [-0.05, 0) is 18.2 Å². The van der Waals surface area contributed by atoms with Crippen molar-refractivity contribution in [3.05, 3.63) is 66.4 Å². The van der Waals surface area contributed by atoms with Gasteiger partial charge in [0.2, 0.25) is 5.91 Å². The summed E-state index contributed by atoms with van der Waals surface area (Å²) < 4.78 is 1.79. The van der Waals surface area contributed by atoms with Crippen molar-refractivity contribution in [1.29, 1.82) is 0 Å². The Labute approximate surface area is 116 Å². The van der Waals surface area contributed by atoms with Crippen LogP contribution in [-0.2, 0) is 4.79 Å². The average molecular weight is 263 g/mol. The lowest BCUT2D eigenvalue weighted by atomic mass is 10.1. The molecule has 3 aromatic rings. The third-order valence-corrected chi connectivity index (χ3v) is 3.04. The van der Waals surface area contributed by atoms with Gasteiger partial charge in [-0.15, -0.1) is 0 Å². The number of carbonyl (C=O) groups is 1. The molecule has 0 spiro atoms. The van der Waals surface area contributed by atoms with Crippen LogP contribution in [0.4, 0.5) is 0 Å². The molecule has 2 N–H and O–H groups in total. The molecule has 4 heteroatoms. The van der Waals surface area contributed by atoms with Crippen LogP contribution < -0.4 is 5.73 Å². The maximum Gasteiger partial charge on any atom is 0.241 e. The fraction of sp³-hybridized carbons (Fsp3) is 0. The Kier molecular flexibility index (Phi) is 3.05. The summed E-state index contributed by atoms with van der Waals surface area (Å²) in [7, 11) is 0. The van der Waals surface area contributed by atoms with E-state index in [0.717, 1.165) is 22.3 Å². The molecule has 3 rings (SSSR count). The van der Waals surface area contributed by atoms with Crippen LogP contribution in [0.2, 0.25) is 0 Å². The molecule has 0 atom stereocenters. The number of nitrogens with two attached hydrogens (primary N) is 1. The van der Waals surface area contributed by atoms with Gasteiger partial charge in [0.15, 0.2) is 0 Å². The third kappa shape index (κ3) is 2.19. The minimum atomic E-state index is -0.473. The molecule has 0 bridgehead atoms. The van der Waals surface area contributed by atoms with Crippen molar-refractivity contribution in [2.24, 2.45) is 5.73 Å². The number of aromatic nitrogens is 2. The second-order valence-corrected chi connectivity index (χ2v) is 4.39. The van der Waals surface area contributed by atoms with Crippen molar-refractivity contribution in [2.75, 3.05) is 0 Å². The molecule has 0 aliphatic heterocycles. The fourth-order valence-electron chi connectivity index (χ4n) is 2.16. The van der Waals surface area contributed by atoms with E-state index in [9.17, 15) is 4.79 Å². The lowest BCUT2D eigenvalue weighted by Gasteiger charge is -1.97. The van der Waals surface area contributed by atoms with Crippen LogP contribution in [0.25, 0.3) is 22.9 Å². The summed E-state index contributed by atoms with van der Waals surface area (Å²) >= 11 is 0. The highest BCUT2D eigenvalue weighted by Gasteiger charge is 2.11. The van der Waals surface area contributed by atoms with Gasteiger partial charge in [-0.1, -0.05) is 36.4 Å². The molecule has 1 aromatic carbocycles. The fourth-order valence-corrected chi connectivity index (χ4v) is 2.16. The highest BCUT2D eigenvalue weighted by Crippen LogP contribution is 2.27. The molecule has 0 fully saturated rings. The first-order chi connectivity index (χ1) is 9.75. The number of nitrogens with zero attached hydrogens (tertiary/aromatic N) is 2. The molecule has 0 saturated carbocycles. The number of primary amides is 1. The van der Waals surface area contributed by atoms with Crippen molar-refractivity contribution < 1.29 is 4.79 Å². The molecule has 0 unspecified atom stereocenters. The van der Waals surface area contributed by atoms with E-state index in [-0.39, 0.29) is 0 Å². The quantitative estimate of drug-likeness (QED) is 0.738. The van der Waals surface area contributed by atoms with Gasteiger partial charge in [-0.25, -0.2) is 4.52 Å². The van der Waals surface area contributed by atoms with E-state index in [1.54, 1.807) is 10.6 Å². The molecular weight excluding hydrogens is 250 g/mol. The molecule has 1 amide bonds. The van der Waals surface area contributed by atoms with Gasteiger partial charge in [0.05, 0.1) is 5.52 Å². The maximum absolute atomic E-state index is 11.0. The second-order valence-electron chi connectivity index (χ2n) is 4.39. The Balaban J connectivity index is 2.25. The zero-order valence-electron chi connectivity index (χ0n) is 10.7. The lowest BCUT2D eigenvalue weighted by Crippen LogP contribution is -2.05. The van der Waals surface area contributed by atoms with Crippen LogP contribution in [-0.4, -0.2) is 15.5 Å². The number of benzene rings is 1. The molecule has 2 heterocycles. The van der Waals surface area contributed by atoms with E-state index in [2.05, 4.69) is 5.10 Å². The van der Waals surface area contributed by atoms with Crippen LogP contribution in [0.1, 0.15) is 5.56 Å². The van der Waals surface area contributed by atoms with Crippen LogP contribution >= 0.6 is 0 Å². The first-order valence-corrected chi connectivity index (χ1v) is 6.26. The van der Waals surface area contributed by atoms with E-state index in [4.69, 9.17) is 5.73 Å². The number of fused-ring (bicyclic) bond motifs is 1. The van der Waals surface area contributed by atoms with Crippen molar-refractivity contribution in [3.8, 4) is 11.3 Å². The zero-order chi connectivity index (χ0) is 13.9. The van der Waals surface area contributed by atoms with Gasteiger partial charge < -0.3 is 5.73 Å². The minimum Gasteiger partial charge on any atom is -0.366 e. The summed E-state index contributed by atoms with van der Waals surface area (Å²) in [6.07, 6.45) is 4.95. The number of hydrogen-bond donors (Lipinski definition) is 1. The number of amides is 1. The number of carbonyl (C=O) groups excluding carboxylic acids is 1. The van der Waals surface area contributed by atoms with Gasteiger partial charge >= 0.3 is 0 Å². The van der Waals surface area contributed by atoms with Crippen LogP contribution in [0, 0.1) is 0 Å². The van der Waals surface area contributed by atoms with Gasteiger partial charge in [-0.3, -0.25) is 4.79 Å². The first-order valence-electron chi connectivity index (χ1n) is 6.26. The summed E-state index contributed by atoms with van der Waals surface area (Å²) in [6, 6.07) is 15.7. The molecule has 4 nitrogen and oxygen atoms in total. The zero-order valence-corrected chi connectivity index (χ0v) is 10.7. The van der Waals surface area contributed by atoms with Crippen molar-refractivity contribution in [2.45, 2.75) is 0 Å². The Morgan fingerprint density at radius 3 is 2.60 bits per heavy atom. The molecular formula is C16H13N3O. The van der Waals surface area contributed by atoms with E-state index < -0.39 is 5.91 Å².